The Morgan fingerprint density at radius 2 is 1.84 bits per heavy atom. The summed E-state index contributed by atoms with van der Waals surface area (Å²) in [5, 5.41) is 4.53. The van der Waals surface area contributed by atoms with Gasteiger partial charge in [0.05, 0.1) is 7.11 Å². The Kier molecular flexibility index (Phi) is 5.16. The summed E-state index contributed by atoms with van der Waals surface area (Å²) in [5.41, 5.74) is 1.10. The van der Waals surface area contributed by atoms with Gasteiger partial charge in [0.2, 0.25) is 5.91 Å². The summed E-state index contributed by atoms with van der Waals surface area (Å²) in [6, 6.07) is 14.7. The number of thiophene rings is 1. The van der Waals surface area contributed by atoms with Crippen molar-refractivity contribution in [3.05, 3.63) is 70.8 Å². The Morgan fingerprint density at radius 3 is 2.60 bits per heavy atom. The number of carbonyl (C=O) groups excluding carboxylic acids is 2. The number of hydrogen-bond donors (Lipinski definition) is 1. The van der Waals surface area contributed by atoms with Gasteiger partial charge in [-0.2, -0.15) is 0 Å². The lowest BCUT2D eigenvalue weighted by atomic mass is 10.1. The fraction of sp³-hybridized carbons (Fsp3) is 0.0526. The molecule has 0 fully saturated rings. The van der Waals surface area contributed by atoms with Gasteiger partial charge in [0.15, 0.2) is 0 Å². The van der Waals surface area contributed by atoms with Crippen molar-refractivity contribution in [2.24, 2.45) is 0 Å². The van der Waals surface area contributed by atoms with Crippen molar-refractivity contribution >= 4 is 56.0 Å². The van der Waals surface area contributed by atoms with E-state index in [0.29, 0.717) is 15.6 Å². The minimum absolute atomic E-state index is 0.350. The number of rotatable bonds is 4. The summed E-state index contributed by atoms with van der Waals surface area (Å²) in [6.07, 6.45) is 3.01. The smallest absolute Gasteiger partial charge is 0.341 e. The number of hydrogen-bond acceptors (Lipinski definition) is 4. The van der Waals surface area contributed by atoms with Crippen molar-refractivity contribution in [1.29, 1.82) is 0 Å². The third-order valence-electron chi connectivity index (χ3n) is 3.54. The number of carbonyl (C=O) groups is 2. The first-order chi connectivity index (χ1) is 12.1. The van der Waals surface area contributed by atoms with E-state index in [1.807, 2.05) is 42.5 Å². The van der Waals surface area contributed by atoms with E-state index in [1.165, 1.54) is 24.5 Å². The average molecular weight is 372 g/mol. The molecule has 0 radical (unpaired) electrons. The number of anilines is 1. The molecule has 0 unspecified atom stereocenters. The Morgan fingerprint density at radius 1 is 1.12 bits per heavy atom. The summed E-state index contributed by atoms with van der Waals surface area (Å²) in [6.45, 7) is 0. The largest absolute Gasteiger partial charge is 0.465 e. The van der Waals surface area contributed by atoms with Gasteiger partial charge in [0.1, 0.15) is 10.6 Å². The molecule has 6 heteroatoms. The molecule has 0 aliphatic heterocycles. The highest BCUT2D eigenvalue weighted by Crippen LogP contribution is 2.36. The first-order valence-electron chi connectivity index (χ1n) is 7.43. The maximum atomic E-state index is 12.3. The number of benzene rings is 2. The van der Waals surface area contributed by atoms with Gasteiger partial charge in [0.25, 0.3) is 0 Å². The normalized spacial score (nSPS) is 11.0. The van der Waals surface area contributed by atoms with Crippen molar-refractivity contribution in [3.63, 3.8) is 0 Å². The summed E-state index contributed by atoms with van der Waals surface area (Å²) >= 11 is 7.39. The van der Waals surface area contributed by atoms with Crippen LogP contribution >= 0.6 is 22.9 Å². The lowest BCUT2D eigenvalue weighted by molar-refractivity contribution is -0.111. The summed E-state index contributed by atoms with van der Waals surface area (Å²) in [4.78, 5) is 24.4. The molecule has 0 aliphatic rings. The molecule has 0 atom stereocenters. The Balaban J connectivity index is 1.88. The fourth-order valence-electron chi connectivity index (χ4n) is 2.37. The van der Waals surface area contributed by atoms with Crippen LogP contribution in [0.5, 0.6) is 0 Å². The minimum Gasteiger partial charge on any atom is -0.465 e. The van der Waals surface area contributed by atoms with Crippen molar-refractivity contribution in [2.45, 2.75) is 0 Å². The highest BCUT2D eigenvalue weighted by Gasteiger charge is 2.20. The summed E-state index contributed by atoms with van der Waals surface area (Å²) < 4.78 is 5.75. The zero-order valence-electron chi connectivity index (χ0n) is 13.3. The molecule has 0 spiro atoms. The maximum Gasteiger partial charge on any atom is 0.341 e. The molecule has 3 aromatic rings. The highest BCUT2D eigenvalue weighted by molar-refractivity contribution is 7.23. The molecular weight excluding hydrogens is 358 g/mol. The van der Waals surface area contributed by atoms with Crippen LogP contribution in [0, 0.1) is 0 Å². The van der Waals surface area contributed by atoms with Crippen LogP contribution in [0.1, 0.15) is 15.9 Å². The van der Waals surface area contributed by atoms with E-state index in [1.54, 1.807) is 12.1 Å². The van der Waals surface area contributed by atoms with Crippen LogP contribution in [0.4, 0.5) is 5.00 Å². The van der Waals surface area contributed by atoms with Gasteiger partial charge in [0, 0.05) is 21.2 Å². The number of esters is 1. The Hall–Kier alpha value is -2.63. The van der Waals surface area contributed by atoms with E-state index in [-0.39, 0.29) is 5.91 Å². The van der Waals surface area contributed by atoms with E-state index in [9.17, 15) is 9.59 Å². The Labute approximate surface area is 153 Å². The molecule has 126 valence electrons. The molecular formula is C19H14ClNO3S. The van der Waals surface area contributed by atoms with Crippen molar-refractivity contribution < 1.29 is 14.3 Å². The van der Waals surface area contributed by atoms with Crippen molar-refractivity contribution in [3.8, 4) is 0 Å². The SMILES string of the molecule is COC(=O)c1c(NC(=O)/C=C/c2ccccc2Cl)sc2ccccc12. The molecule has 1 aromatic heterocycles. The summed E-state index contributed by atoms with van der Waals surface area (Å²) in [7, 11) is 1.32. The molecule has 1 amide bonds. The van der Waals surface area contributed by atoms with Crippen LogP contribution in [0.15, 0.2) is 54.6 Å². The second kappa shape index (κ2) is 7.51. The number of ether oxygens (including phenoxy) is 1. The van der Waals surface area contributed by atoms with Gasteiger partial charge >= 0.3 is 5.97 Å². The predicted molar refractivity (Wildman–Crippen MR) is 102 cm³/mol. The molecule has 1 N–H and O–H groups in total. The monoisotopic (exact) mass is 371 g/mol. The van der Waals surface area contributed by atoms with E-state index in [2.05, 4.69) is 5.32 Å². The van der Waals surface area contributed by atoms with Crippen LogP contribution < -0.4 is 5.32 Å². The number of fused-ring (bicyclic) bond motifs is 1. The van der Waals surface area contributed by atoms with Crippen molar-refractivity contribution in [2.75, 3.05) is 12.4 Å². The molecule has 0 aliphatic carbocycles. The van der Waals surface area contributed by atoms with Crippen molar-refractivity contribution in [1.82, 2.24) is 0 Å². The quantitative estimate of drug-likeness (QED) is 0.519. The lowest BCUT2D eigenvalue weighted by Crippen LogP contribution is -2.11. The van der Waals surface area contributed by atoms with E-state index >= 15 is 0 Å². The van der Waals surface area contributed by atoms with Gasteiger partial charge in [-0.3, -0.25) is 4.79 Å². The topological polar surface area (TPSA) is 55.4 Å². The zero-order valence-corrected chi connectivity index (χ0v) is 14.9. The third kappa shape index (κ3) is 3.73. The van der Waals surface area contributed by atoms with Crippen LogP contribution in [-0.4, -0.2) is 19.0 Å². The minimum atomic E-state index is -0.483. The van der Waals surface area contributed by atoms with Gasteiger partial charge < -0.3 is 10.1 Å². The molecule has 4 nitrogen and oxygen atoms in total. The number of nitrogens with one attached hydrogen (secondary N) is 1. The first kappa shape index (κ1) is 17.2. The van der Waals surface area contributed by atoms with Gasteiger partial charge in [-0.15, -0.1) is 11.3 Å². The highest BCUT2D eigenvalue weighted by atomic mass is 35.5. The van der Waals surface area contributed by atoms with Crippen LogP contribution in [-0.2, 0) is 9.53 Å². The molecule has 1 heterocycles. The number of methoxy groups -OCH3 is 1. The molecule has 2 aromatic carbocycles. The second-order valence-electron chi connectivity index (χ2n) is 5.14. The van der Waals surface area contributed by atoms with E-state index in [4.69, 9.17) is 16.3 Å². The lowest BCUT2D eigenvalue weighted by Gasteiger charge is -2.03. The average Bonchev–Trinajstić information content (AvgIpc) is 2.98. The zero-order chi connectivity index (χ0) is 17.8. The number of halogens is 1. The predicted octanol–water partition coefficient (Wildman–Crippen LogP) is 4.99. The number of amides is 1. The standard InChI is InChI=1S/C19H14ClNO3S/c1-24-19(23)17-13-7-3-5-9-15(13)25-18(17)21-16(22)11-10-12-6-2-4-8-14(12)20/h2-11H,1H3,(H,21,22)/b11-10+. The van der Waals surface area contributed by atoms with Gasteiger partial charge in [-0.05, 0) is 23.8 Å². The van der Waals surface area contributed by atoms with Crippen LogP contribution in [0.25, 0.3) is 16.2 Å². The first-order valence-corrected chi connectivity index (χ1v) is 8.63. The van der Waals surface area contributed by atoms with E-state index < -0.39 is 5.97 Å². The molecule has 0 saturated heterocycles. The molecule has 0 saturated carbocycles. The van der Waals surface area contributed by atoms with Crippen LogP contribution in [0.2, 0.25) is 5.02 Å². The van der Waals surface area contributed by atoms with Gasteiger partial charge in [-0.1, -0.05) is 48.0 Å². The molecule has 3 rings (SSSR count). The third-order valence-corrected chi connectivity index (χ3v) is 4.97. The maximum absolute atomic E-state index is 12.3. The molecule has 25 heavy (non-hydrogen) atoms. The van der Waals surface area contributed by atoms with Gasteiger partial charge in [-0.25, -0.2) is 4.79 Å². The summed E-state index contributed by atoms with van der Waals surface area (Å²) in [5.74, 6) is -0.834. The van der Waals surface area contributed by atoms with Crippen LogP contribution in [0.3, 0.4) is 0 Å². The Bertz CT molecular complexity index is 978. The second-order valence-corrected chi connectivity index (χ2v) is 6.60. The molecule has 0 bridgehead atoms. The van der Waals surface area contributed by atoms with E-state index in [0.717, 1.165) is 15.6 Å². The fourth-order valence-corrected chi connectivity index (χ4v) is 3.66.